The minimum atomic E-state index is -0.917. The number of anilines is 2. The summed E-state index contributed by atoms with van der Waals surface area (Å²) in [4.78, 5) is 40.7. The van der Waals surface area contributed by atoms with Crippen LogP contribution in [0, 0.1) is 19.6 Å². The van der Waals surface area contributed by atoms with Gasteiger partial charge in [0.15, 0.2) is 0 Å². The summed E-state index contributed by atoms with van der Waals surface area (Å²) >= 11 is 2.25. The molecule has 0 saturated carbocycles. The van der Waals surface area contributed by atoms with Gasteiger partial charge in [-0.25, -0.2) is 9.59 Å². The Bertz CT molecular complexity index is 1140. The molecule has 1 aliphatic heterocycles. The number of aromatic carboxylic acids is 1. The molecule has 200 valence electrons. The van der Waals surface area contributed by atoms with Crippen molar-refractivity contribution in [1.29, 1.82) is 0 Å². The first-order chi connectivity index (χ1) is 17.4. The number of esters is 1. The number of ether oxygens (including phenoxy) is 1. The Balaban J connectivity index is 1.49. The van der Waals surface area contributed by atoms with Gasteiger partial charge in [0.05, 0.1) is 11.3 Å². The Hall–Kier alpha value is -2.96. The number of nitrogens with one attached hydrogen (secondary N) is 1. The smallest absolute Gasteiger partial charge is 0.365 e. The number of pyridine rings is 1. The third-order valence-electron chi connectivity index (χ3n) is 6.17. The minimum Gasteiger partial charge on any atom is -0.478 e. The summed E-state index contributed by atoms with van der Waals surface area (Å²) in [6, 6.07) is 7.82. The number of hydrogen-bond donors (Lipinski definition) is 2. The van der Waals surface area contributed by atoms with Crippen LogP contribution in [-0.2, 0) is 4.74 Å². The zero-order chi connectivity index (χ0) is 27.2. The largest absolute Gasteiger partial charge is 0.478 e. The lowest BCUT2D eigenvalue weighted by Gasteiger charge is -2.34. The van der Waals surface area contributed by atoms with Crippen molar-refractivity contribution in [3.63, 3.8) is 0 Å². The number of unbranched alkanes of at least 4 members (excludes halogenated alkanes) is 1. The molecule has 0 unspecified atom stereocenters. The molecule has 2 N–H and O–H groups in total. The Morgan fingerprint density at radius 2 is 1.92 bits per heavy atom. The SMILES string of the molecule is CC(C)(C)OC(=O)c1ccc([N+](=O)[O-])nc1NCCCCC1CCN(c2cc(C(=O)O)ccc2I)CC1. The molecule has 0 amide bonds. The van der Waals surface area contributed by atoms with Crippen LogP contribution in [0.15, 0.2) is 30.3 Å². The number of nitro groups is 1. The lowest BCUT2D eigenvalue weighted by atomic mass is 9.91. The fourth-order valence-corrected chi connectivity index (χ4v) is 4.98. The molecule has 11 heteroatoms. The van der Waals surface area contributed by atoms with Gasteiger partial charge in [-0.2, -0.15) is 0 Å². The number of carboxylic acid groups (broad SMARTS) is 1. The van der Waals surface area contributed by atoms with Crippen LogP contribution in [0.3, 0.4) is 0 Å². The normalized spacial score (nSPS) is 14.3. The van der Waals surface area contributed by atoms with E-state index in [9.17, 15) is 24.8 Å². The van der Waals surface area contributed by atoms with Crippen LogP contribution in [0.2, 0.25) is 0 Å². The third kappa shape index (κ3) is 8.27. The molecule has 1 aromatic carbocycles. The van der Waals surface area contributed by atoms with Gasteiger partial charge in [0.2, 0.25) is 0 Å². The molecular formula is C26H33IN4O6. The number of benzene rings is 1. The van der Waals surface area contributed by atoms with Crippen molar-refractivity contribution >= 4 is 51.9 Å². The van der Waals surface area contributed by atoms with E-state index in [1.165, 1.54) is 12.1 Å². The molecule has 1 saturated heterocycles. The standard InChI is InChI=1S/C26H33IN4O6/c1-26(2,3)37-25(34)19-8-10-22(31(35)36)29-23(19)28-13-5-4-6-17-11-14-30(15-12-17)21-16-18(24(32)33)7-9-20(21)27/h7-10,16-17H,4-6,11-15H2,1-3H3,(H,28,29)(H,32,33). The molecule has 0 bridgehead atoms. The van der Waals surface area contributed by atoms with Crippen molar-refractivity contribution in [3.8, 4) is 0 Å². The van der Waals surface area contributed by atoms with E-state index >= 15 is 0 Å². The number of nitrogens with zero attached hydrogens (tertiary/aromatic N) is 3. The van der Waals surface area contributed by atoms with Crippen molar-refractivity contribution in [1.82, 2.24) is 4.98 Å². The third-order valence-corrected chi connectivity index (χ3v) is 7.08. The second-order valence-electron chi connectivity index (χ2n) is 10.1. The van der Waals surface area contributed by atoms with E-state index in [2.05, 4.69) is 37.8 Å². The van der Waals surface area contributed by atoms with Crippen LogP contribution in [-0.4, -0.2) is 52.2 Å². The van der Waals surface area contributed by atoms with Gasteiger partial charge in [0, 0.05) is 29.3 Å². The first kappa shape index (κ1) is 28.6. The number of carbonyl (C=O) groups excluding carboxylic acids is 1. The summed E-state index contributed by atoms with van der Waals surface area (Å²) < 4.78 is 6.46. The number of hydrogen-bond acceptors (Lipinski definition) is 8. The Morgan fingerprint density at radius 3 is 2.54 bits per heavy atom. The number of piperidine rings is 1. The van der Waals surface area contributed by atoms with Gasteiger partial charge in [-0.05, 0) is 103 Å². The quantitative estimate of drug-likeness (QED) is 0.111. The lowest BCUT2D eigenvalue weighted by Crippen LogP contribution is -2.34. The number of carboxylic acids is 1. The van der Waals surface area contributed by atoms with Gasteiger partial charge in [0.25, 0.3) is 5.82 Å². The summed E-state index contributed by atoms with van der Waals surface area (Å²) in [5.74, 6) is -1.07. The molecule has 3 rings (SSSR count). The van der Waals surface area contributed by atoms with E-state index in [1.54, 1.807) is 32.9 Å². The molecule has 1 fully saturated rings. The summed E-state index contributed by atoms with van der Waals surface area (Å²) in [5, 5.41) is 23.5. The number of carbonyl (C=O) groups is 2. The van der Waals surface area contributed by atoms with Gasteiger partial charge >= 0.3 is 17.8 Å². The van der Waals surface area contributed by atoms with Gasteiger partial charge < -0.3 is 30.2 Å². The Labute approximate surface area is 230 Å². The van der Waals surface area contributed by atoms with Crippen LogP contribution in [0.5, 0.6) is 0 Å². The van der Waals surface area contributed by atoms with Gasteiger partial charge in [-0.1, -0.05) is 12.8 Å². The van der Waals surface area contributed by atoms with Gasteiger partial charge in [-0.3, -0.25) is 0 Å². The predicted octanol–water partition coefficient (Wildman–Crippen LogP) is 5.75. The van der Waals surface area contributed by atoms with E-state index < -0.39 is 22.5 Å². The number of aromatic nitrogens is 1. The maximum Gasteiger partial charge on any atom is 0.365 e. The summed E-state index contributed by atoms with van der Waals surface area (Å²) in [5.41, 5.74) is 0.768. The summed E-state index contributed by atoms with van der Waals surface area (Å²) in [7, 11) is 0. The van der Waals surface area contributed by atoms with E-state index in [0.29, 0.717) is 18.0 Å². The second-order valence-corrected chi connectivity index (χ2v) is 11.3. The molecule has 1 aromatic heterocycles. The predicted molar refractivity (Wildman–Crippen MR) is 149 cm³/mol. The van der Waals surface area contributed by atoms with E-state index in [1.807, 2.05) is 6.07 Å². The van der Waals surface area contributed by atoms with Crippen LogP contribution in [0.1, 0.15) is 73.6 Å². The fourth-order valence-electron chi connectivity index (χ4n) is 4.30. The zero-order valence-electron chi connectivity index (χ0n) is 21.3. The molecule has 0 aliphatic carbocycles. The van der Waals surface area contributed by atoms with Crippen LogP contribution < -0.4 is 10.2 Å². The van der Waals surface area contributed by atoms with Crippen molar-refractivity contribution in [2.75, 3.05) is 29.9 Å². The number of halogens is 1. The van der Waals surface area contributed by atoms with E-state index in [4.69, 9.17) is 4.74 Å². The van der Waals surface area contributed by atoms with Crippen molar-refractivity contribution < 1.29 is 24.4 Å². The van der Waals surface area contributed by atoms with E-state index in [-0.39, 0.29) is 17.2 Å². The Morgan fingerprint density at radius 1 is 1.22 bits per heavy atom. The molecule has 2 aromatic rings. The highest BCUT2D eigenvalue weighted by Crippen LogP contribution is 2.30. The Kier molecular flexibility index (Phi) is 9.68. The van der Waals surface area contributed by atoms with Gasteiger partial charge in [0.1, 0.15) is 11.2 Å². The first-order valence-corrected chi connectivity index (χ1v) is 13.4. The maximum atomic E-state index is 12.6. The van der Waals surface area contributed by atoms with Crippen LogP contribution in [0.4, 0.5) is 17.3 Å². The first-order valence-electron chi connectivity index (χ1n) is 12.3. The molecule has 1 aliphatic rings. The monoisotopic (exact) mass is 624 g/mol. The van der Waals surface area contributed by atoms with Gasteiger partial charge in [-0.15, -0.1) is 0 Å². The van der Waals surface area contributed by atoms with E-state index in [0.717, 1.165) is 54.5 Å². The highest BCUT2D eigenvalue weighted by atomic mass is 127. The summed E-state index contributed by atoms with van der Waals surface area (Å²) in [6.07, 6.45) is 4.94. The fraction of sp³-hybridized carbons (Fsp3) is 0.500. The second kappa shape index (κ2) is 12.5. The molecule has 10 nitrogen and oxygen atoms in total. The number of rotatable bonds is 10. The highest BCUT2D eigenvalue weighted by molar-refractivity contribution is 14.1. The topological polar surface area (TPSA) is 135 Å². The maximum absolute atomic E-state index is 12.6. The molecule has 0 atom stereocenters. The molecular weight excluding hydrogens is 591 g/mol. The molecule has 37 heavy (non-hydrogen) atoms. The average molecular weight is 624 g/mol. The van der Waals surface area contributed by atoms with Crippen LogP contribution >= 0.6 is 22.6 Å². The average Bonchev–Trinajstić information content (AvgIpc) is 2.83. The van der Waals surface area contributed by atoms with Crippen LogP contribution in [0.25, 0.3) is 0 Å². The van der Waals surface area contributed by atoms with Crippen molar-refractivity contribution in [3.05, 3.63) is 55.1 Å². The van der Waals surface area contributed by atoms with Crippen molar-refractivity contribution in [2.24, 2.45) is 5.92 Å². The molecule has 0 spiro atoms. The van der Waals surface area contributed by atoms with Crippen molar-refractivity contribution in [2.45, 2.75) is 58.5 Å². The minimum absolute atomic E-state index is 0.162. The molecule has 2 heterocycles. The molecule has 0 radical (unpaired) electrons. The zero-order valence-corrected chi connectivity index (χ0v) is 23.5. The summed E-state index contributed by atoms with van der Waals surface area (Å²) in [6.45, 7) is 7.58. The highest BCUT2D eigenvalue weighted by Gasteiger charge is 2.26. The lowest BCUT2D eigenvalue weighted by molar-refractivity contribution is -0.389.